The van der Waals surface area contributed by atoms with E-state index in [4.69, 9.17) is 9.97 Å². The van der Waals surface area contributed by atoms with Crippen molar-refractivity contribution in [3.05, 3.63) is 59.2 Å². The first kappa shape index (κ1) is 24.6. The fourth-order valence-electron chi connectivity index (χ4n) is 7.57. The van der Waals surface area contributed by atoms with Gasteiger partial charge in [0.25, 0.3) is 0 Å². The summed E-state index contributed by atoms with van der Waals surface area (Å²) >= 11 is 0. The number of pyridine rings is 2. The van der Waals surface area contributed by atoms with Gasteiger partial charge in [-0.2, -0.15) is 0 Å². The van der Waals surface area contributed by atoms with Crippen molar-refractivity contribution in [2.75, 3.05) is 57.8 Å². The molecule has 0 amide bonds. The van der Waals surface area contributed by atoms with E-state index in [1.165, 1.54) is 86.5 Å². The fourth-order valence-corrected chi connectivity index (χ4v) is 7.57. The lowest BCUT2D eigenvalue weighted by atomic mass is 9.77. The summed E-state index contributed by atoms with van der Waals surface area (Å²) in [5.74, 6) is 2.04. The molecule has 0 unspecified atom stereocenters. The molecule has 38 heavy (non-hydrogen) atoms. The van der Waals surface area contributed by atoms with Gasteiger partial charge in [0.1, 0.15) is 11.5 Å². The van der Waals surface area contributed by atoms with Crippen molar-refractivity contribution < 1.29 is 0 Å². The first-order valence-corrected chi connectivity index (χ1v) is 15.1. The van der Waals surface area contributed by atoms with Crippen molar-refractivity contribution in [2.45, 2.75) is 64.1 Å². The van der Waals surface area contributed by atoms with E-state index in [1.807, 2.05) is 6.20 Å². The van der Waals surface area contributed by atoms with Gasteiger partial charge in [0.15, 0.2) is 0 Å². The van der Waals surface area contributed by atoms with E-state index in [9.17, 15) is 0 Å². The molecular weight excluding hydrogens is 470 g/mol. The van der Waals surface area contributed by atoms with Crippen LogP contribution in [-0.2, 0) is 19.5 Å². The molecule has 3 saturated heterocycles. The lowest BCUT2D eigenvalue weighted by molar-refractivity contribution is 0.0681. The van der Waals surface area contributed by atoms with Crippen LogP contribution in [0.3, 0.4) is 0 Å². The van der Waals surface area contributed by atoms with E-state index >= 15 is 0 Å². The van der Waals surface area contributed by atoms with Crippen molar-refractivity contribution in [3.63, 3.8) is 0 Å². The average molecular weight is 514 g/mol. The van der Waals surface area contributed by atoms with Crippen LogP contribution in [0.4, 0.5) is 5.82 Å². The molecule has 4 aliphatic rings. The summed E-state index contributed by atoms with van der Waals surface area (Å²) in [7, 11) is 2.24. The van der Waals surface area contributed by atoms with Crippen molar-refractivity contribution in [2.24, 2.45) is 5.92 Å². The van der Waals surface area contributed by atoms with Crippen LogP contribution in [0.5, 0.6) is 0 Å². The molecule has 0 N–H and O–H groups in total. The highest BCUT2D eigenvalue weighted by atomic mass is 15.3. The minimum absolute atomic E-state index is 0.429. The summed E-state index contributed by atoms with van der Waals surface area (Å²) in [5.41, 5.74) is 6.60. The number of fused-ring (bicyclic) bond motifs is 4. The topological polar surface area (TPSA) is 43.2 Å². The Kier molecular flexibility index (Phi) is 6.84. The molecule has 3 aromatic heterocycles. The molecule has 0 saturated carbocycles. The molecule has 6 heterocycles. The maximum absolute atomic E-state index is 5.37. The summed E-state index contributed by atoms with van der Waals surface area (Å²) in [6.07, 6.45) is 11.1. The number of rotatable bonds is 5. The van der Waals surface area contributed by atoms with E-state index in [2.05, 4.69) is 61.4 Å². The molecule has 2 atom stereocenters. The highest BCUT2D eigenvalue weighted by Gasteiger charge is 2.38. The zero-order valence-corrected chi connectivity index (χ0v) is 23.1. The Bertz CT molecular complexity index is 1250. The normalized spacial score (nSPS) is 25.4. The van der Waals surface area contributed by atoms with Gasteiger partial charge in [-0.3, -0.25) is 19.2 Å². The Morgan fingerprint density at radius 2 is 1.71 bits per heavy atom. The maximum Gasteiger partial charge on any atom is 0.138 e. The second kappa shape index (κ2) is 10.6. The molecule has 7 rings (SSSR count). The minimum atomic E-state index is 0.429. The first-order valence-electron chi connectivity index (χ1n) is 15.1. The summed E-state index contributed by atoms with van der Waals surface area (Å²) in [6.45, 7) is 9.84. The summed E-state index contributed by atoms with van der Waals surface area (Å²) in [5, 5.41) is 0. The number of aromatic nitrogens is 3. The number of imidazole rings is 1. The molecule has 1 aliphatic carbocycles. The number of nitrogens with zero attached hydrogens (tertiary/aromatic N) is 7. The van der Waals surface area contributed by atoms with Gasteiger partial charge in [-0.1, -0.05) is 18.6 Å². The third-order valence-corrected chi connectivity index (χ3v) is 9.65. The van der Waals surface area contributed by atoms with Crippen LogP contribution in [-0.4, -0.2) is 81.9 Å². The molecule has 0 aromatic carbocycles. The molecule has 3 aromatic rings. The van der Waals surface area contributed by atoms with Gasteiger partial charge in [-0.05, 0) is 94.9 Å². The Labute approximate surface area is 227 Å². The van der Waals surface area contributed by atoms with E-state index < -0.39 is 0 Å². The number of hydrogen-bond donors (Lipinski definition) is 0. The lowest BCUT2D eigenvalue weighted by Gasteiger charge is -2.44. The third kappa shape index (κ3) is 4.63. The molecule has 202 valence electrons. The summed E-state index contributed by atoms with van der Waals surface area (Å²) < 4.78 is 2.52. The van der Waals surface area contributed by atoms with E-state index in [0.717, 1.165) is 57.4 Å². The van der Waals surface area contributed by atoms with Gasteiger partial charge in [-0.25, -0.2) is 4.98 Å². The quantitative estimate of drug-likeness (QED) is 0.505. The summed E-state index contributed by atoms with van der Waals surface area (Å²) in [4.78, 5) is 20.7. The second-order valence-electron chi connectivity index (χ2n) is 12.1. The Morgan fingerprint density at radius 1 is 0.842 bits per heavy atom. The number of hydrogen-bond acceptors (Lipinski definition) is 6. The average Bonchev–Trinajstić information content (AvgIpc) is 3.30. The predicted molar refractivity (Wildman–Crippen MR) is 152 cm³/mol. The van der Waals surface area contributed by atoms with Gasteiger partial charge in [0, 0.05) is 45.5 Å². The molecule has 7 nitrogen and oxygen atoms in total. The SMILES string of the molecule is CN1CCN(c2cccc3nc(CN4CCC[C@H]5CCc6cccnc6[C@H]54)c(CN4CCCCC4)n23)CC1. The van der Waals surface area contributed by atoms with Crippen LogP contribution in [0.15, 0.2) is 36.5 Å². The van der Waals surface area contributed by atoms with E-state index in [0.29, 0.717) is 6.04 Å². The van der Waals surface area contributed by atoms with Crippen LogP contribution < -0.4 is 4.90 Å². The predicted octanol–water partition coefficient (Wildman–Crippen LogP) is 4.37. The molecule has 7 heteroatoms. The number of piperazine rings is 1. The monoisotopic (exact) mass is 513 g/mol. The van der Waals surface area contributed by atoms with Crippen molar-refractivity contribution in [1.82, 2.24) is 29.1 Å². The number of aryl methyl sites for hydroxylation is 1. The molecule has 0 bridgehead atoms. The van der Waals surface area contributed by atoms with Gasteiger partial charge >= 0.3 is 0 Å². The van der Waals surface area contributed by atoms with E-state index in [-0.39, 0.29) is 0 Å². The molecule has 0 spiro atoms. The second-order valence-corrected chi connectivity index (χ2v) is 12.1. The van der Waals surface area contributed by atoms with Gasteiger partial charge in [0.2, 0.25) is 0 Å². The molecule has 3 aliphatic heterocycles. The highest BCUT2D eigenvalue weighted by Crippen LogP contribution is 2.43. The van der Waals surface area contributed by atoms with Gasteiger partial charge in [-0.15, -0.1) is 0 Å². The molecule has 0 radical (unpaired) electrons. The number of piperidine rings is 2. The minimum Gasteiger partial charge on any atom is -0.355 e. The smallest absolute Gasteiger partial charge is 0.138 e. The molecular formula is C31H43N7. The standard InChI is InChI=1S/C31H43N7/c1-34-18-20-36(21-19-34)29-11-5-10-28-33-26(27(38(28)29)23-35-15-3-2-4-16-35)22-37-17-7-9-25-13-12-24-8-6-14-32-30(24)31(25)37/h5-6,8,10-11,14,25,31H,2-4,7,9,12-13,15-23H2,1H3/t25-,31-/m0/s1. The Balaban J connectivity index is 1.27. The number of likely N-dealkylation sites (N-methyl/N-ethyl adjacent to an activating group) is 1. The highest BCUT2D eigenvalue weighted by molar-refractivity contribution is 5.55. The largest absolute Gasteiger partial charge is 0.355 e. The third-order valence-electron chi connectivity index (χ3n) is 9.65. The summed E-state index contributed by atoms with van der Waals surface area (Å²) in [6, 6.07) is 11.6. The van der Waals surface area contributed by atoms with Crippen LogP contribution in [0.25, 0.3) is 5.65 Å². The Hall–Kier alpha value is -2.48. The first-order chi connectivity index (χ1) is 18.7. The van der Waals surface area contributed by atoms with Crippen molar-refractivity contribution in [1.29, 1.82) is 0 Å². The van der Waals surface area contributed by atoms with Crippen LogP contribution in [0.1, 0.15) is 67.2 Å². The Morgan fingerprint density at radius 3 is 2.58 bits per heavy atom. The van der Waals surface area contributed by atoms with Crippen LogP contribution in [0, 0.1) is 5.92 Å². The zero-order chi connectivity index (χ0) is 25.5. The molecule has 3 fully saturated rings. The zero-order valence-electron chi connectivity index (χ0n) is 23.1. The number of likely N-dealkylation sites (tertiary alicyclic amines) is 2. The van der Waals surface area contributed by atoms with Crippen LogP contribution >= 0.6 is 0 Å². The number of anilines is 1. The van der Waals surface area contributed by atoms with Crippen molar-refractivity contribution >= 4 is 11.5 Å². The van der Waals surface area contributed by atoms with Crippen molar-refractivity contribution in [3.8, 4) is 0 Å². The fraction of sp³-hybridized carbons (Fsp3) is 0.613. The van der Waals surface area contributed by atoms with E-state index in [1.54, 1.807) is 0 Å². The van der Waals surface area contributed by atoms with Gasteiger partial charge in [0.05, 0.1) is 23.1 Å². The van der Waals surface area contributed by atoms with Gasteiger partial charge < -0.3 is 9.80 Å². The lowest BCUT2D eigenvalue weighted by Crippen LogP contribution is -2.45. The van der Waals surface area contributed by atoms with Crippen LogP contribution in [0.2, 0.25) is 0 Å². The maximum atomic E-state index is 5.37.